The Morgan fingerprint density at radius 3 is 1.00 bits per heavy atom. The maximum atomic E-state index is 10.9. The predicted molar refractivity (Wildman–Crippen MR) is 174 cm³/mol. The second-order valence-corrected chi connectivity index (χ2v) is 9.66. The van der Waals surface area contributed by atoms with E-state index in [2.05, 4.69) is 4.74 Å². The molecule has 49 heavy (non-hydrogen) atoms. The topological polar surface area (TPSA) is 180 Å². The highest BCUT2D eigenvalue weighted by molar-refractivity contribution is 5.69. The van der Waals surface area contributed by atoms with E-state index in [1.165, 1.54) is 19.2 Å². The number of nitro groups is 1. The van der Waals surface area contributed by atoms with Crippen LogP contribution in [0, 0.1) is 10.1 Å². The number of rotatable bonds is 38. The second-order valence-electron chi connectivity index (χ2n) is 9.66. The fourth-order valence-corrected chi connectivity index (χ4v) is 3.44. The van der Waals surface area contributed by atoms with Gasteiger partial charge in [-0.25, -0.2) is 0 Å². The first-order chi connectivity index (χ1) is 24.1. The lowest BCUT2D eigenvalue weighted by molar-refractivity contribution is -0.384. The standard InChI is InChI=1S/C32H55NO16/c1-37-32(34)6-7-38-8-9-39-10-11-40-12-13-41-14-15-42-16-17-43-18-19-44-20-21-45-22-23-46-24-25-47-26-27-48-28-29-49-31-4-2-30(3-5-31)33(35)36/h2-5H,6-29H2,1H3. The van der Waals surface area contributed by atoms with Gasteiger partial charge in [-0.3, -0.25) is 14.9 Å². The zero-order chi connectivity index (χ0) is 35.3. The van der Waals surface area contributed by atoms with Crippen LogP contribution in [0.2, 0.25) is 0 Å². The quantitative estimate of drug-likeness (QED) is 0.0419. The second kappa shape index (κ2) is 35.3. The SMILES string of the molecule is COC(=O)CCOCCOCCOCCOCCOCCOCCOCCOCCOCCOCCOCCOc1ccc([N+](=O)[O-])cc1. The molecule has 0 bridgehead atoms. The van der Waals surface area contributed by atoms with Crippen LogP contribution in [0.25, 0.3) is 0 Å². The van der Waals surface area contributed by atoms with Crippen LogP contribution in [0.4, 0.5) is 5.69 Å². The number of nitro benzene ring substituents is 1. The number of esters is 1. The number of hydrogen-bond donors (Lipinski definition) is 0. The molecule has 0 N–H and O–H groups in total. The zero-order valence-corrected chi connectivity index (χ0v) is 28.8. The van der Waals surface area contributed by atoms with E-state index in [9.17, 15) is 14.9 Å². The van der Waals surface area contributed by atoms with Crippen LogP contribution < -0.4 is 4.74 Å². The molecular formula is C32H55NO16. The van der Waals surface area contributed by atoms with Gasteiger partial charge >= 0.3 is 5.97 Å². The van der Waals surface area contributed by atoms with E-state index in [0.717, 1.165) is 0 Å². The minimum atomic E-state index is -0.455. The third-order valence-corrected chi connectivity index (χ3v) is 5.94. The molecule has 0 amide bonds. The summed E-state index contributed by atoms with van der Waals surface area (Å²) in [4.78, 5) is 21.1. The van der Waals surface area contributed by atoms with Gasteiger partial charge in [-0.2, -0.15) is 0 Å². The van der Waals surface area contributed by atoms with Gasteiger partial charge in [0.25, 0.3) is 5.69 Å². The van der Waals surface area contributed by atoms with Crippen molar-refractivity contribution in [3.8, 4) is 5.75 Å². The number of carbonyl (C=O) groups is 1. The van der Waals surface area contributed by atoms with E-state index in [1.54, 1.807) is 12.1 Å². The van der Waals surface area contributed by atoms with Crippen LogP contribution in [0.3, 0.4) is 0 Å². The number of carbonyl (C=O) groups excluding carboxylic acids is 1. The van der Waals surface area contributed by atoms with Gasteiger partial charge in [0.2, 0.25) is 0 Å². The molecule has 0 saturated heterocycles. The molecule has 1 rings (SSSR count). The van der Waals surface area contributed by atoms with Gasteiger partial charge in [-0.15, -0.1) is 0 Å². The van der Waals surface area contributed by atoms with Crippen molar-refractivity contribution in [2.75, 3.05) is 159 Å². The molecule has 0 atom stereocenters. The normalized spacial score (nSPS) is 11.2. The summed E-state index contributed by atoms with van der Waals surface area (Å²) in [5.74, 6) is 0.260. The van der Waals surface area contributed by atoms with E-state index in [-0.39, 0.29) is 18.1 Å². The minimum Gasteiger partial charge on any atom is -0.491 e. The van der Waals surface area contributed by atoms with E-state index >= 15 is 0 Å². The third-order valence-electron chi connectivity index (χ3n) is 5.94. The first kappa shape index (κ1) is 44.5. The van der Waals surface area contributed by atoms with Crippen LogP contribution in [-0.4, -0.2) is 170 Å². The third kappa shape index (κ3) is 31.2. The summed E-state index contributed by atoms with van der Waals surface area (Å²) in [5, 5.41) is 10.6. The van der Waals surface area contributed by atoms with Gasteiger partial charge in [0.15, 0.2) is 0 Å². The van der Waals surface area contributed by atoms with Gasteiger partial charge in [0, 0.05) is 12.1 Å². The van der Waals surface area contributed by atoms with Gasteiger partial charge in [0.1, 0.15) is 12.4 Å². The Bertz CT molecular complexity index is 879. The molecule has 0 fully saturated rings. The Balaban J connectivity index is 1.65. The lowest BCUT2D eigenvalue weighted by atomic mass is 10.3. The Kier molecular flexibility index (Phi) is 32.0. The smallest absolute Gasteiger partial charge is 0.307 e. The number of non-ortho nitro benzene ring substituents is 1. The summed E-state index contributed by atoms with van der Waals surface area (Å²) < 4.78 is 69.6. The van der Waals surface area contributed by atoms with E-state index in [4.69, 9.17) is 56.8 Å². The van der Waals surface area contributed by atoms with Crippen LogP contribution in [-0.2, 0) is 61.6 Å². The highest BCUT2D eigenvalue weighted by atomic mass is 16.6. The maximum absolute atomic E-state index is 10.9. The van der Waals surface area contributed by atoms with Crippen molar-refractivity contribution >= 4 is 11.7 Å². The first-order valence-electron chi connectivity index (χ1n) is 16.4. The molecule has 1 aromatic carbocycles. The Labute approximate surface area is 288 Å². The largest absolute Gasteiger partial charge is 0.491 e. The number of hydrogen-bond acceptors (Lipinski definition) is 16. The van der Waals surface area contributed by atoms with Crippen molar-refractivity contribution in [3.05, 3.63) is 34.4 Å². The molecule has 0 saturated carbocycles. The van der Waals surface area contributed by atoms with Gasteiger partial charge in [-0.05, 0) is 12.1 Å². The van der Waals surface area contributed by atoms with Gasteiger partial charge in [0.05, 0.1) is 164 Å². The predicted octanol–water partition coefficient (Wildman–Crippen LogP) is 1.72. The summed E-state index contributed by atoms with van der Waals surface area (Å²) in [6.45, 7) is 10.4. The Morgan fingerprint density at radius 1 is 0.469 bits per heavy atom. The van der Waals surface area contributed by atoms with Crippen molar-refractivity contribution in [2.24, 2.45) is 0 Å². The molecular weight excluding hydrogens is 654 g/mol. The van der Waals surface area contributed by atoms with Crippen molar-refractivity contribution in [1.82, 2.24) is 0 Å². The summed E-state index contributed by atoms with van der Waals surface area (Å²) in [7, 11) is 1.35. The number of benzene rings is 1. The van der Waals surface area contributed by atoms with Crippen molar-refractivity contribution in [2.45, 2.75) is 6.42 Å². The summed E-state index contributed by atoms with van der Waals surface area (Å²) >= 11 is 0. The Morgan fingerprint density at radius 2 is 0.735 bits per heavy atom. The molecule has 0 aliphatic rings. The van der Waals surface area contributed by atoms with Crippen LogP contribution in [0.1, 0.15) is 6.42 Å². The van der Waals surface area contributed by atoms with E-state index in [0.29, 0.717) is 158 Å². The monoisotopic (exact) mass is 709 g/mol. The number of nitrogens with zero attached hydrogens (tertiary/aromatic N) is 1. The molecule has 284 valence electrons. The average Bonchev–Trinajstić information content (AvgIpc) is 3.11. The Hall–Kier alpha value is -2.55. The number of ether oxygens (including phenoxy) is 13. The van der Waals surface area contributed by atoms with E-state index < -0.39 is 4.92 Å². The molecule has 1 aromatic rings. The van der Waals surface area contributed by atoms with Crippen molar-refractivity contribution in [1.29, 1.82) is 0 Å². The van der Waals surface area contributed by atoms with Crippen molar-refractivity contribution in [3.63, 3.8) is 0 Å². The fraction of sp³-hybridized carbons (Fsp3) is 0.781. The van der Waals surface area contributed by atoms with Gasteiger partial charge in [-0.1, -0.05) is 0 Å². The minimum absolute atomic E-state index is 0.0219. The van der Waals surface area contributed by atoms with Crippen molar-refractivity contribution < 1.29 is 71.3 Å². The average molecular weight is 710 g/mol. The molecule has 0 aliphatic carbocycles. The first-order valence-corrected chi connectivity index (χ1v) is 16.4. The lowest BCUT2D eigenvalue weighted by Crippen LogP contribution is -2.15. The molecule has 0 unspecified atom stereocenters. The lowest BCUT2D eigenvalue weighted by Gasteiger charge is -2.09. The highest BCUT2D eigenvalue weighted by Gasteiger charge is 2.04. The number of methoxy groups -OCH3 is 1. The summed E-state index contributed by atoms with van der Waals surface area (Å²) in [6, 6.07) is 5.90. The molecule has 0 heterocycles. The summed E-state index contributed by atoms with van der Waals surface area (Å²) in [6.07, 6.45) is 0.238. The molecule has 17 heteroatoms. The molecule has 0 aliphatic heterocycles. The maximum Gasteiger partial charge on any atom is 0.307 e. The van der Waals surface area contributed by atoms with Crippen LogP contribution >= 0.6 is 0 Å². The fourth-order valence-electron chi connectivity index (χ4n) is 3.44. The van der Waals surface area contributed by atoms with Crippen LogP contribution in [0.5, 0.6) is 5.75 Å². The molecule has 0 spiro atoms. The van der Waals surface area contributed by atoms with Crippen LogP contribution in [0.15, 0.2) is 24.3 Å². The van der Waals surface area contributed by atoms with Gasteiger partial charge < -0.3 is 61.6 Å². The molecule has 0 aromatic heterocycles. The molecule has 17 nitrogen and oxygen atoms in total. The summed E-state index contributed by atoms with van der Waals surface area (Å²) in [5.41, 5.74) is 0.0219. The van der Waals surface area contributed by atoms with E-state index in [1.807, 2.05) is 0 Å². The zero-order valence-electron chi connectivity index (χ0n) is 28.8. The highest BCUT2D eigenvalue weighted by Crippen LogP contribution is 2.17. The molecule has 0 radical (unpaired) electrons.